The third-order valence-electron chi connectivity index (χ3n) is 4.59. The van der Waals surface area contributed by atoms with Crippen LogP contribution in [0.2, 0.25) is 0 Å². The van der Waals surface area contributed by atoms with Gasteiger partial charge in [-0.1, -0.05) is 0 Å². The maximum absolute atomic E-state index is 12.3. The molecule has 1 N–H and O–H groups in total. The summed E-state index contributed by atoms with van der Waals surface area (Å²) in [7, 11) is -3.10. The van der Waals surface area contributed by atoms with Crippen molar-refractivity contribution in [3.63, 3.8) is 0 Å². The largest absolute Gasteiger partial charge is 0.487 e. The third kappa shape index (κ3) is 4.04. The highest BCUT2D eigenvalue weighted by atomic mass is 32.2. The van der Waals surface area contributed by atoms with Crippen LogP contribution in [0.3, 0.4) is 0 Å². The molecule has 0 spiro atoms. The Kier molecular flexibility index (Phi) is 5.14. The lowest BCUT2D eigenvalue weighted by Gasteiger charge is -2.32. The average Bonchev–Trinajstić information content (AvgIpc) is 3.41. The van der Waals surface area contributed by atoms with Crippen LogP contribution in [0.1, 0.15) is 32.6 Å². The minimum absolute atomic E-state index is 0.0576. The van der Waals surface area contributed by atoms with Gasteiger partial charge in [0, 0.05) is 37.0 Å². The molecule has 0 unspecified atom stereocenters. The summed E-state index contributed by atoms with van der Waals surface area (Å²) in [6, 6.07) is 4.87. The Hall–Kier alpha value is -1.87. The van der Waals surface area contributed by atoms with Gasteiger partial charge in [-0.25, -0.2) is 12.7 Å². The van der Waals surface area contributed by atoms with Crippen molar-refractivity contribution >= 4 is 21.4 Å². The first-order chi connectivity index (χ1) is 11.9. The Morgan fingerprint density at radius 1 is 1.28 bits per heavy atom. The van der Waals surface area contributed by atoms with Crippen LogP contribution in [0.4, 0.5) is 11.4 Å². The summed E-state index contributed by atoms with van der Waals surface area (Å²) in [5, 5.41) is 14.2. The number of piperidine rings is 1. The van der Waals surface area contributed by atoms with E-state index >= 15 is 0 Å². The summed E-state index contributed by atoms with van der Waals surface area (Å²) >= 11 is 0. The van der Waals surface area contributed by atoms with Crippen LogP contribution in [-0.2, 0) is 10.0 Å². The van der Waals surface area contributed by atoms with E-state index < -0.39 is 14.9 Å². The van der Waals surface area contributed by atoms with Crippen molar-refractivity contribution in [3.05, 3.63) is 28.3 Å². The highest BCUT2D eigenvalue weighted by Gasteiger charge is 2.41. The molecular weight excluding hydrogens is 346 g/mol. The molecule has 1 aromatic rings. The van der Waals surface area contributed by atoms with Crippen molar-refractivity contribution in [2.75, 3.05) is 25.0 Å². The maximum Gasteiger partial charge on any atom is 0.311 e. The lowest BCUT2D eigenvalue weighted by molar-refractivity contribution is -0.385. The molecule has 8 nitrogen and oxygen atoms in total. The summed E-state index contributed by atoms with van der Waals surface area (Å²) in [5.41, 5.74) is 0.690. The summed E-state index contributed by atoms with van der Waals surface area (Å²) in [6.45, 7) is 3.16. The molecule has 3 rings (SSSR count). The van der Waals surface area contributed by atoms with Gasteiger partial charge in [0.15, 0.2) is 5.75 Å². The molecule has 0 aromatic heterocycles. The fourth-order valence-electron chi connectivity index (χ4n) is 3.09. The van der Waals surface area contributed by atoms with Gasteiger partial charge >= 0.3 is 5.69 Å². The van der Waals surface area contributed by atoms with Gasteiger partial charge in [0.05, 0.1) is 16.8 Å². The highest BCUT2D eigenvalue weighted by molar-refractivity contribution is 7.90. The van der Waals surface area contributed by atoms with E-state index in [4.69, 9.17) is 4.74 Å². The number of rotatable bonds is 7. The van der Waals surface area contributed by atoms with Crippen LogP contribution in [0, 0.1) is 10.1 Å². The van der Waals surface area contributed by atoms with Crippen molar-refractivity contribution < 1.29 is 18.1 Å². The summed E-state index contributed by atoms with van der Waals surface area (Å²) in [6.07, 6.45) is 2.99. The van der Waals surface area contributed by atoms with Gasteiger partial charge in [-0.05, 0) is 38.7 Å². The predicted octanol–water partition coefficient (Wildman–Crippen LogP) is 2.36. The van der Waals surface area contributed by atoms with Crippen LogP contribution >= 0.6 is 0 Å². The molecule has 1 aliphatic carbocycles. The number of nitro groups is 1. The molecule has 2 fully saturated rings. The molecule has 1 aromatic carbocycles. The normalized spacial score (nSPS) is 19.6. The first-order valence-electron chi connectivity index (χ1n) is 8.58. The van der Waals surface area contributed by atoms with Gasteiger partial charge in [-0.2, -0.15) is 0 Å². The maximum atomic E-state index is 12.3. The zero-order valence-corrected chi connectivity index (χ0v) is 15.0. The lowest BCUT2D eigenvalue weighted by atomic mass is 10.1. The number of nitro benzene ring substituents is 1. The van der Waals surface area contributed by atoms with E-state index in [0.29, 0.717) is 32.5 Å². The fourth-order valence-corrected chi connectivity index (χ4v) is 4.97. The van der Waals surface area contributed by atoms with Crippen LogP contribution in [-0.4, -0.2) is 48.6 Å². The van der Waals surface area contributed by atoms with E-state index in [1.54, 1.807) is 23.4 Å². The number of nitrogens with one attached hydrogen (secondary N) is 1. The zero-order valence-electron chi connectivity index (χ0n) is 14.2. The second-order valence-corrected chi connectivity index (χ2v) is 8.65. The number of benzene rings is 1. The van der Waals surface area contributed by atoms with E-state index in [2.05, 4.69) is 5.32 Å². The van der Waals surface area contributed by atoms with Gasteiger partial charge in [0.1, 0.15) is 0 Å². The highest BCUT2D eigenvalue weighted by Crippen LogP contribution is 2.33. The van der Waals surface area contributed by atoms with E-state index in [9.17, 15) is 18.5 Å². The topological polar surface area (TPSA) is 102 Å². The van der Waals surface area contributed by atoms with Crippen LogP contribution < -0.4 is 10.1 Å². The second-order valence-electron chi connectivity index (χ2n) is 6.43. The first kappa shape index (κ1) is 17.9. The van der Waals surface area contributed by atoms with Gasteiger partial charge in [-0.3, -0.25) is 10.1 Å². The molecule has 0 atom stereocenters. The van der Waals surface area contributed by atoms with Crippen LogP contribution in [0.5, 0.6) is 5.75 Å². The monoisotopic (exact) mass is 369 g/mol. The molecule has 138 valence electrons. The van der Waals surface area contributed by atoms with Crippen molar-refractivity contribution in [1.29, 1.82) is 0 Å². The third-order valence-corrected chi connectivity index (χ3v) is 6.99. The van der Waals surface area contributed by atoms with Crippen molar-refractivity contribution in [1.82, 2.24) is 4.31 Å². The quantitative estimate of drug-likeness (QED) is 0.585. The SMILES string of the molecule is CCOc1cc(NC2CCN(S(=O)(=O)C3CC3)CC2)ccc1[N+](=O)[O-]. The second kappa shape index (κ2) is 7.17. The molecule has 1 saturated heterocycles. The number of ether oxygens (including phenoxy) is 1. The first-order valence-corrected chi connectivity index (χ1v) is 10.1. The molecule has 1 saturated carbocycles. The minimum atomic E-state index is -3.10. The number of sulfonamides is 1. The van der Waals surface area contributed by atoms with Crippen molar-refractivity contribution in [3.8, 4) is 5.75 Å². The number of nitrogens with zero attached hydrogens (tertiary/aromatic N) is 2. The van der Waals surface area contributed by atoms with E-state index in [0.717, 1.165) is 18.5 Å². The van der Waals surface area contributed by atoms with E-state index in [-0.39, 0.29) is 22.7 Å². The van der Waals surface area contributed by atoms with E-state index in [1.807, 2.05) is 0 Å². The number of hydrogen-bond donors (Lipinski definition) is 1. The Morgan fingerprint density at radius 3 is 2.52 bits per heavy atom. The van der Waals surface area contributed by atoms with Gasteiger partial charge < -0.3 is 10.1 Å². The molecule has 2 aliphatic rings. The number of anilines is 1. The number of hydrogen-bond acceptors (Lipinski definition) is 6. The van der Waals surface area contributed by atoms with E-state index in [1.165, 1.54) is 6.07 Å². The smallest absolute Gasteiger partial charge is 0.311 e. The minimum Gasteiger partial charge on any atom is -0.487 e. The Morgan fingerprint density at radius 2 is 1.96 bits per heavy atom. The summed E-state index contributed by atoms with van der Waals surface area (Å²) < 4.78 is 31.5. The standard InChI is InChI=1S/C16H23N3O5S/c1-2-24-16-11-13(3-6-15(16)19(20)21)17-12-7-9-18(10-8-12)25(22,23)14-4-5-14/h3,6,11-12,14,17H,2,4-5,7-10H2,1H3. The van der Waals surface area contributed by atoms with Gasteiger partial charge in [0.25, 0.3) is 0 Å². The van der Waals surface area contributed by atoms with Crippen molar-refractivity contribution in [2.24, 2.45) is 0 Å². The zero-order chi connectivity index (χ0) is 18.0. The molecule has 0 bridgehead atoms. The molecule has 1 aliphatic heterocycles. The average molecular weight is 369 g/mol. The Bertz CT molecular complexity index is 740. The van der Waals surface area contributed by atoms with Crippen LogP contribution in [0.25, 0.3) is 0 Å². The Labute approximate surface area is 147 Å². The molecule has 25 heavy (non-hydrogen) atoms. The summed E-state index contributed by atoms with van der Waals surface area (Å²) in [5.74, 6) is 0.242. The lowest BCUT2D eigenvalue weighted by Crippen LogP contribution is -2.43. The van der Waals surface area contributed by atoms with Crippen LogP contribution in [0.15, 0.2) is 18.2 Å². The molecule has 1 heterocycles. The predicted molar refractivity (Wildman–Crippen MR) is 94.4 cm³/mol. The Balaban J connectivity index is 1.62. The van der Waals surface area contributed by atoms with Gasteiger partial charge in [-0.15, -0.1) is 0 Å². The fraction of sp³-hybridized carbons (Fsp3) is 0.625. The molecule has 0 radical (unpaired) electrons. The molecule has 9 heteroatoms. The van der Waals surface area contributed by atoms with Gasteiger partial charge in [0.2, 0.25) is 10.0 Å². The van der Waals surface area contributed by atoms with Crippen molar-refractivity contribution in [2.45, 2.75) is 43.9 Å². The molecular formula is C16H23N3O5S. The molecule has 0 amide bonds. The summed E-state index contributed by atoms with van der Waals surface area (Å²) in [4.78, 5) is 10.6.